The molecular weight excluding hydrogens is 314 g/mol. The van der Waals surface area contributed by atoms with E-state index >= 15 is 0 Å². The summed E-state index contributed by atoms with van der Waals surface area (Å²) in [6.07, 6.45) is 1.80. The van der Waals surface area contributed by atoms with Crippen LogP contribution in [-0.4, -0.2) is 22.4 Å². The van der Waals surface area contributed by atoms with Crippen molar-refractivity contribution in [3.05, 3.63) is 64.6 Å². The lowest BCUT2D eigenvalue weighted by atomic mass is 10.2. The van der Waals surface area contributed by atoms with Crippen molar-refractivity contribution in [1.82, 2.24) is 14.7 Å². The van der Waals surface area contributed by atoms with E-state index in [9.17, 15) is 4.79 Å². The number of fused-ring (bicyclic) bond motifs is 1. The summed E-state index contributed by atoms with van der Waals surface area (Å²) in [5.41, 5.74) is 2.77. The quantitative estimate of drug-likeness (QED) is 0.799. The normalized spacial score (nSPS) is 10.7. The van der Waals surface area contributed by atoms with Crippen molar-refractivity contribution in [3.8, 4) is 5.75 Å². The monoisotopic (exact) mass is 329 g/mol. The van der Waals surface area contributed by atoms with Gasteiger partial charge in [0.1, 0.15) is 5.69 Å². The fraction of sp³-hybridized carbons (Fsp3) is 0.176. The summed E-state index contributed by atoms with van der Waals surface area (Å²) < 4.78 is 7.03. The van der Waals surface area contributed by atoms with E-state index in [1.807, 2.05) is 31.2 Å². The second kappa shape index (κ2) is 6.30. The van der Waals surface area contributed by atoms with Crippen LogP contribution in [0, 0.1) is 6.92 Å². The molecule has 118 valence electrons. The molecule has 1 aromatic carbocycles. The molecular formula is C17H16ClN3O2. The van der Waals surface area contributed by atoms with E-state index in [1.165, 1.54) is 0 Å². The van der Waals surface area contributed by atoms with E-state index in [2.05, 4.69) is 10.3 Å². The average Bonchev–Trinajstić information content (AvgIpc) is 2.90. The largest absolute Gasteiger partial charge is 0.493 e. The second-order valence-corrected chi connectivity index (χ2v) is 5.56. The Balaban J connectivity index is 1.86. The number of methoxy groups -OCH3 is 1. The Morgan fingerprint density at radius 3 is 2.74 bits per heavy atom. The van der Waals surface area contributed by atoms with Gasteiger partial charge in [0.05, 0.1) is 12.8 Å². The molecule has 0 spiro atoms. The zero-order valence-corrected chi connectivity index (χ0v) is 13.6. The molecule has 0 bridgehead atoms. The smallest absolute Gasteiger partial charge is 0.270 e. The van der Waals surface area contributed by atoms with Gasteiger partial charge in [-0.3, -0.25) is 9.20 Å². The SMILES string of the molecule is COc1cccn2c(C(=O)NCc3ccc(Cl)cc3)c(C)nc12. The van der Waals surface area contributed by atoms with Gasteiger partial charge in [0, 0.05) is 17.8 Å². The summed E-state index contributed by atoms with van der Waals surface area (Å²) in [6, 6.07) is 11.0. The first-order valence-corrected chi connectivity index (χ1v) is 7.52. The zero-order valence-electron chi connectivity index (χ0n) is 12.8. The van der Waals surface area contributed by atoms with Crippen LogP contribution in [0.1, 0.15) is 21.7 Å². The van der Waals surface area contributed by atoms with Crippen molar-refractivity contribution in [2.75, 3.05) is 7.11 Å². The molecule has 0 aliphatic carbocycles. The second-order valence-electron chi connectivity index (χ2n) is 5.13. The maximum atomic E-state index is 12.5. The van der Waals surface area contributed by atoms with E-state index in [-0.39, 0.29) is 5.91 Å². The topological polar surface area (TPSA) is 55.6 Å². The number of carbonyl (C=O) groups is 1. The minimum absolute atomic E-state index is 0.182. The van der Waals surface area contributed by atoms with Crippen molar-refractivity contribution in [2.24, 2.45) is 0 Å². The van der Waals surface area contributed by atoms with Gasteiger partial charge >= 0.3 is 0 Å². The minimum atomic E-state index is -0.182. The third-order valence-electron chi connectivity index (χ3n) is 3.59. The molecule has 0 unspecified atom stereocenters. The maximum absolute atomic E-state index is 12.5. The van der Waals surface area contributed by atoms with Gasteiger partial charge in [-0.2, -0.15) is 0 Å². The highest BCUT2D eigenvalue weighted by atomic mass is 35.5. The van der Waals surface area contributed by atoms with Gasteiger partial charge in [-0.15, -0.1) is 0 Å². The van der Waals surface area contributed by atoms with Gasteiger partial charge in [0.2, 0.25) is 0 Å². The predicted octanol–water partition coefficient (Wildman–Crippen LogP) is 3.23. The Bertz CT molecular complexity index is 856. The Labute approximate surface area is 138 Å². The molecule has 5 nitrogen and oxygen atoms in total. The van der Waals surface area contributed by atoms with E-state index in [1.54, 1.807) is 29.8 Å². The van der Waals surface area contributed by atoms with Crippen molar-refractivity contribution >= 4 is 23.2 Å². The van der Waals surface area contributed by atoms with Gasteiger partial charge in [-0.25, -0.2) is 4.98 Å². The number of aryl methyl sites for hydroxylation is 1. The van der Waals surface area contributed by atoms with E-state index in [0.29, 0.717) is 34.4 Å². The van der Waals surface area contributed by atoms with E-state index < -0.39 is 0 Å². The number of rotatable bonds is 4. The number of nitrogens with zero attached hydrogens (tertiary/aromatic N) is 2. The summed E-state index contributed by atoms with van der Waals surface area (Å²) in [4.78, 5) is 17.0. The van der Waals surface area contributed by atoms with Gasteiger partial charge in [-0.1, -0.05) is 23.7 Å². The molecule has 0 aliphatic rings. The number of pyridine rings is 1. The molecule has 0 aliphatic heterocycles. The van der Waals surface area contributed by atoms with Crippen LogP contribution in [-0.2, 0) is 6.54 Å². The van der Waals surface area contributed by atoms with Gasteiger partial charge in [0.25, 0.3) is 5.91 Å². The fourth-order valence-electron chi connectivity index (χ4n) is 2.46. The zero-order chi connectivity index (χ0) is 16.4. The van der Waals surface area contributed by atoms with Crippen molar-refractivity contribution in [3.63, 3.8) is 0 Å². The first kappa shape index (κ1) is 15.4. The number of aromatic nitrogens is 2. The van der Waals surface area contributed by atoms with Crippen LogP contribution in [0.25, 0.3) is 5.65 Å². The van der Waals surface area contributed by atoms with Crippen LogP contribution >= 0.6 is 11.6 Å². The van der Waals surface area contributed by atoms with Crippen LogP contribution in [0.15, 0.2) is 42.6 Å². The third-order valence-corrected chi connectivity index (χ3v) is 3.84. The summed E-state index contributed by atoms with van der Waals surface area (Å²) in [5, 5.41) is 3.58. The summed E-state index contributed by atoms with van der Waals surface area (Å²) in [5.74, 6) is 0.450. The Kier molecular flexibility index (Phi) is 4.21. The molecule has 2 aromatic heterocycles. The van der Waals surface area contributed by atoms with Crippen molar-refractivity contribution in [2.45, 2.75) is 13.5 Å². The van der Waals surface area contributed by atoms with Crippen LogP contribution in [0.4, 0.5) is 0 Å². The molecule has 23 heavy (non-hydrogen) atoms. The van der Waals surface area contributed by atoms with E-state index in [4.69, 9.17) is 16.3 Å². The van der Waals surface area contributed by atoms with Crippen LogP contribution in [0.5, 0.6) is 5.75 Å². The number of carbonyl (C=O) groups excluding carboxylic acids is 1. The van der Waals surface area contributed by atoms with Gasteiger partial charge in [0.15, 0.2) is 11.4 Å². The van der Waals surface area contributed by atoms with Gasteiger partial charge in [-0.05, 0) is 36.8 Å². The van der Waals surface area contributed by atoms with E-state index in [0.717, 1.165) is 5.56 Å². The first-order chi connectivity index (χ1) is 11.1. The number of hydrogen-bond donors (Lipinski definition) is 1. The van der Waals surface area contributed by atoms with Crippen molar-refractivity contribution < 1.29 is 9.53 Å². The van der Waals surface area contributed by atoms with Crippen LogP contribution in [0.3, 0.4) is 0 Å². The fourth-order valence-corrected chi connectivity index (χ4v) is 2.58. The number of nitrogens with one attached hydrogen (secondary N) is 1. The number of amides is 1. The van der Waals surface area contributed by atoms with Gasteiger partial charge < -0.3 is 10.1 Å². The Morgan fingerprint density at radius 1 is 1.30 bits per heavy atom. The Hall–Kier alpha value is -2.53. The lowest BCUT2D eigenvalue weighted by molar-refractivity contribution is 0.0944. The number of imidazole rings is 1. The number of halogens is 1. The molecule has 3 aromatic rings. The average molecular weight is 330 g/mol. The highest BCUT2D eigenvalue weighted by Gasteiger charge is 2.18. The summed E-state index contributed by atoms with van der Waals surface area (Å²) >= 11 is 5.86. The molecule has 0 fully saturated rings. The molecule has 0 saturated heterocycles. The third kappa shape index (κ3) is 3.00. The maximum Gasteiger partial charge on any atom is 0.270 e. The number of ether oxygens (including phenoxy) is 1. The standard InChI is InChI=1S/C17H16ClN3O2/c1-11-15(21-9-3-4-14(23-2)16(21)20-11)17(22)19-10-12-5-7-13(18)8-6-12/h3-9H,10H2,1-2H3,(H,19,22). The summed E-state index contributed by atoms with van der Waals surface area (Å²) in [7, 11) is 1.58. The van der Waals surface area contributed by atoms with Crippen LogP contribution < -0.4 is 10.1 Å². The Morgan fingerprint density at radius 2 is 2.04 bits per heavy atom. The lowest BCUT2D eigenvalue weighted by Gasteiger charge is -2.07. The molecule has 2 heterocycles. The molecule has 0 saturated carbocycles. The molecule has 0 atom stereocenters. The van der Waals surface area contributed by atoms with Crippen LogP contribution in [0.2, 0.25) is 5.02 Å². The lowest BCUT2D eigenvalue weighted by Crippen LogP contribution is -2.24. The number of benzene rings is 1. The summed E-state index contributed by atoms with van der Waals surface area (Å²) in [6.45, 7) is 2.23. The molecule has 6 heteroatoms. The van der Waals surface area contributed by atoms with Crippen molar-refractivity contribution in [1.29, 1.82) is 0 Å². The highest BCUT2D eigenvalue weighted by Crippen LogP contribution is 2.21. The molecule has 1 amide bonds. The molecule has 3 rings (SSSR count). The first-order valence-electron chi connectivity index (χ1n) is 7.14. The highest BCUT2D eigenvalue weighted by molar-refractivity contribution is 6.30. The molecule has 0 radical (unpaired) electrons. The predicted molar refractivity (Wildman–Crippen MR) is 89.1 cm³/mol. The molecule has 1 N–H and O–H groups in total. The minimum Gasteiger partial charge on any atom is -0.493 e. The number of hydrogen-bond acceptors (Lipinski definition) is 3.